The van der Waals surface area contributed by atoms with Crippen molar-refractivity contribution in [3.63, 3.8) is 0 Å². The monoisotopic (exact) mass is 431 g/mol. The van der Waals surface area contributed by atoms with Gasteiger partial charge in [-0.15, -0.1) is 0 Å². The van der Waals surface area contributed by atoms with E-state index in [-0.39, 0.29) is 11.7 Å². The molecule has 0 aliphatic carbocycles. The fourth-order valence-electron chi connectivity index (χ4n) is 3.15. The van der Waals surface area contributed by atoms with Crippen molar-refractivity contribution < 1.29 is 14.6 Å². The normalized spacial score (nSPS) is 16.1. The number of nitrogens with one attached hydrogen (secondary N) is 3. The van der Waals surface area contributed by atoms with Crippen LogP contribution in [0.4, 0.5) is 0 Å². The van der Waals surface area contributed by atoms with Gasteiger partial charge in [0.25, 0.3) is 5.91 Å². The number of carbonyl (C=O) groups is 1. The van der Waals surface area contributed by atoms with Crippen molar-refractivity contribution in [3.05, 3.63) is 69.9 Å². The van der Waals surface area contributed by atoms with Crippen LogP contribution in [-0.2, 0) is 11.3 Å². The number of hydrogen-bond acceptors (Lipinski definition) is 4. The minimum atomic E-state index is -0.591. The molecular weight excluding hydrogens is 410 g/mol. The molecule has 0 unspecified atom stereocenters. The SMILES string of the molecule is CCOc1cc([C@H]2NC(=S)NC(C)=C2C(=O)NCc2ccccc2)c(Cl)cc1O. The number of phenols is 1. The number of ether oxygens (including phenoxy) is 1. The van der Waals surface area contributed by atoms with Crippen LogP contribution in [0.25, 0.3) is 0 Å². The Labute approximate surface area is 179 Å². The topological polar surface area (TPSA) is 82.6 Å². The Kier molecular flexibility index (Phi) is 6.61. The first-order valence-corrected chi connectivity index (χ1v) is 9.95. The third-order valence-corrected chi connectivity index (χ3v) is 5.05. The van der Waals surface area contributed by atoms with Gasteiger partial charge in [0.15, 0.2) is 16.6 Å². The summed E-state index contributed by atoms with van der Waals surface area (Å²) >= 11 is 11.7. The van der Waals surface area contributed by atoms with E-state index < -0.39 is 6.04 Å². The van der Waals surface area contributed by atoms with Crippen LogP contribution in [0.3, 0.4) is 0 Å². The first-order valence-electron chi connectivity index (χ1n) is 9.16. The highest BCUT2D eigenvalue weighted by Crippen LogP contribution is 2.38. The van der Waals surface area contributed by atoms with Crippen LogP contribution in [0.5, 0.6) is 11.5 Å². The molecule has 2 aromatic rings. The zero-order valence-corrected chi connectivity index (χ0v) is 17.7. The molecule has 0 spiro atoms. The Balaban J connectivity index is 1.94. The number of thiocarbonyl (C=S) groups is 1. The van der Waals surface area contributed by atoms with Gasteiger partial charge >= 0.3 is 0 Å². The maximum absolute atomic E-state index is 13.0. The molecule has 1 atom stereocenters. The van der Waals surface area contributed by atoms with Gasteiger partial charge < -0.3 is 25.8 Å². The number of halogens is 1. The smallest absolute Gasteiger partial charge is 0.251 e. The van der Waals surface area contributed by atoms with E-state index in [0.717, 1.165) is 5.56 Å². The second-order valence-electron chi connectivity index (χ2n) is 6.51. The molecule has 2 aromatic carbocycles. The van der Waals surface area contributed by atoms with Gasteiger partial charge in [-0.1, -0.05) is 41.9 Å². The van der Waals surface area contributed by atoms with Gasteiger partial charge in [-0.25, -0.2) is 0 Å². The van der Waals surface area contributed by atoms with E-state index in [1.807, 2.05) is 37.3 Å². The second kappa shape index (κ2) is 9.15. The lowest BCUT2D eigenvalue weighted by molar-refractivity contribution is -0.118. The molecule has 0 saturated heterocycles. The van der Waals surface area contributed by atoms with E-state index in [2.05, 4.69) is 16.0 Å². The summed E-state index contributed by atoms with van der Waals surface area (Å²) in [5.41, 5.74) is 2.67. The van der Waals surface area contributed by atoms with Crippen molar-refractivity contribution in [2.75, 3.05) is 6.61 Å². The van der Waals surface area contributed by atoms with Crippen LogP contribution in [0.2, 0.25) is 5.02 Å². The summed E-state index contributed by atoms with van der Waals surface area (Å²) in [5, 5.41) is 19.8. The zero-order chi connectivity index (χ0) is 21.0. The fraction of sp³-hybridized carbons (Fsp3) is 0.238. The third-order valence-electron chi connectivity index (χ3n) is 4.50. The summed E-state index contributed by atoms with van der Waals surface area (Å²) in [6, 6.07) is 12.1. The number of allylic oxidation sites excluding steroid dienone is 1. The van der Waals surface area contributed by atoms with E-state index in [1.165, 1.54) is 6.07 Å². The molecule has 0 fully saturated rings. The first kappa shape index (κ1) is 21.0. The Bertz CT molecular complexity index is 963. The Hall–Kier alpha value is -2.77. The summed E-state index contributed by atoms with van der Waals surface area (Å²) < 4.78 is 5.48. The molecule has 29 heavy (non-hydrogen) atoms. The van der Waals surface area contributed by atoms with Gasteiger partial charge in [0.2, 0.25) is 0 Å². The number of benzene rings is 2. The summed E-state index contributed by atoms with van der Waals surface area (Å²) in [4.78, 5) is 13.0. The molecule has 0 saturated carbocycles. The molecule has 0 bridgehead atoms. The van der Waals surface area contributed by atoms with Gasteiger partial charge in [-0.05, 0) is 37.7 Å². The number of carbonyl (C=O) groups excluding carboxylic acids is 1. The highest BCUT2D eigenvalue weighted by atomic mass is 35.5. The van der Waals surface area contributed by atoms with E-state index in [4.69, 9.17) is 28.6 Å². The lowest BCUT2D eigenvalue weighted by Crippen LogP contribution is -2.46. The molecule has 4 N–H and O–H groups in total. The Morgan fingerprint density at radius 3 is 2.72 bits per heavy atom. The van der Waals surface area contributed by atoms with E-state index in [9.17, 15) is 9.90 Å². The quantitative estimate of drug-likeness (QED) is 0.523. The van der Waals surface area contributed by atoms with Gasteiger partial charge in [-0.2, -0.15) is 0 Å². The molecule has 1 amide bonds. The highest BCUT2D eigenvalue weighted by molar-refractivity contribution is 7.80. The van der Waals surface area contributed by atoms with Crippen LogP contribution < -0.4 is 20.7 Å². The van der Waals surface area contributed by atoms with Crippen molar-refractivity contribution in [3.8, 4) is 11.5 Å². The van der Waals surface area contributed by atoms with Crippen molar-refractivity contribution in [2.45, 2.75) is 26.4 Å². The van der Waals surface area contributed by atoms with Crippen LogP contribution in [-0.4, -0.2) is 22.7 Å². The van der Waals surface area contributed by atoms with Crippen LogP contribution >= 0.6 is 23.8 Å². The minimum Gasteiger partial charge on any atom is -0.504 e. The standard InChI is InChI=1S/C21H22ClN3O3S/c1-3-28-17-9-14(15(22)10-16(17)26)19-18(12(2)24-21(29)25-19)20(27)23-11-13-7-5-4-6-8-13/h4-10,19,26H,3,11H2,1-2H3,(H,23,27)(H2,24,25,29)/t19-/m1/s1. The molecule has 1 aliphatic rings. The number of amides is 1. The largest absolute Gasteiger partial charge is 0.504 e. The molecule has 8 heteroatoms. The number of phenolic OH excluding ortho intramolecular Hbond substituents is 1. The average molecular weight is 432 g/mol. The molecule has 1 aliphatic heterocycles. The first-order chi connectivity index (χ1) is 13.9. The zero-order valence-electron chi connectivity index (χ0n) is 16.1. The Morgan fingerprint density at radius 1 is 1.31 bits per heavy atom. The molecule has 0 aromatic heterocycles. The van der Waals surface area contributed by atoms with Gasteiger partial charge in [0, 0.05) is 23.9 Å². The maximum Gasteiger partial charge on any atom is 0.251 e. The van der Waals surface area contributed by atoms with E-state index in [1.54, 1.807) is 13.0 Å². The van der Waals surface area contributed by atoms with Gasteiger partial charge in [0.05, 0.1) is 23.2 Å². The summed E-state index contributed by atoms with van der Waals surface area (Å²) in [6.07, 6.45) is 0. The minimum absolute atomic E-state index is 0.0621. The van der Waals surface area contributed by atoms with E-state index >= 15 is 0 Å². The lowest BCUT2D eigenvalue weighted by Gasteiger charge is -2.31. The van der Waals surface area contributed by atoms with Crippen LogP contribution in [0.1, 0.15) is 31.0 Å². The predicted molar refractivity (Wildman–Crippen MR) is 117 cm³/mol. The second-order valence-corrected chi connectivity index (χ2v) is 7.33. The molecular formula is C21H22ClN3O3S. The summed E-state index contributed by atoms with van der Waals surface area (Å²) in [7, 11) is 0. The molecule has 0 radical (unpaired) electrons. The third kappa shape index (κ3) is 4.81. The predicted octanol–water partition coefficient (Wildman–Crippen LogP) is 3.55. The number of hydrogen-bond donors (Lipinski definition) is 4. The molecule has 3 rings (SSSR count). The molecule has 1 heterocycles. The average Bonchev–Trinajstić information content (AvgIpc) is 2.68. The van der Waals surface area contributed by atoms with Crippen molar-refractivity contribution in [1.29, 1.82) is 0 Å². The highest BCUT2D eigenvalue weighted by Gasteiger charge is 2.32. The van der Waals surface area contributed by atoms with Crippen molar-refractivity contribution >= 4 is 34.8 Å². The number of aromatic hydroxyl groups is 1. The molecule has 152 valence electrons. The Morgan fingerprint density at radius 2 is 2.03 bits per heavy atom. The van der Waals surface area contributed by atoms with Crippen LogP contribution in [0, 0.1) is 0 Å². The fourth-order valence-corrected chi connectivity index (χ4v) is 3.69. The van der Waals surface area contributed by atoms with Gasteiger partial charge in [-0.3, -0.25) is 4.79 Å². The molecule has 6 nitrogen and oxygen atoms in total. The van der Waals surface area contributed by atoms with Crippen LogP contribution in [0.15, 0.2) is 53.7 Å². The lowest BCUT2D eigenvalue weighted by atomic mass is 9.94. The maximum atomic E-state index is 13.0. The summed E-state index contributed by atoms with van der Waals surface area (Å²) in [5.74, 6) is -0.0197. The number of rotatable bonds is 6. The van der Waals surface area contributed by atoms with E-state index in [0.29, 0.717) is 45.9 Å². The van der Waals surface area contributed by atoms with Crippen molar-refractivity contribution in [1.82, 2.24) is 16.0 Å². The van der Waals surface area contributed by atoms with Crippen molar-refractivity contribution in [2.24, 2.45) is 0 Å². The van der Waals surface area contributed by atoms with Gasteiger partial charge in [0.1, 0.15) is 0 Å². The summed E-state index contributed by atoms with van der Waals surface area (Å²) in [6.45, 7) is 4.38.